The molecule has 0 aliphatic carbocycles. The van der Waals surface area contributed by atoms with Gasteiger partial charge in [0.15, 0.2) is 7.12 Å². The van der Waals surface area contributed by atoms with Gasteiger partial charge in [-0.15, -0.1) is 0 Å². The monoisotopic (exact) mass is 122 g/mol. The predicted molar refractivity (Wildman–Crippen MR) is 36.3 cm³/mol. The zero-order valence-corrected chi connectivity index (χ0v) is 4.86. The molecule has 0 aromatic heterocycles. The van der Waals surface area contributed by atoms with Gasteiger partial charge in [0.25, 0.3) is 0 Å². The van der Waals surface area contributed by atoms with Crippen molar-refractivity contribution in [1.29, 1.82) is 0 Å². The molecule has 2 N–H and O–H groups in total. The van der Waals surface area contributed by atoms with E-state index in [0.29, 0.717) is 5.46 Å². The van der Waals surface area contributed by atoms with Gasteiger partial charge in [0.2, 0.25) is 0 Å². The molecule has 1 aromatic rings. The summed E-state index contributed by atoms with van der Waals surface area (Å²) in [6.45, 7) is 0. The molecule has 0 unspecified atom stereocenters. The number of rotatable bonds is 1. The van der Waals surface area contributed by atoms with E-state index in [1.54, 1.807) is 24.3 Å². The molecule has 0 aliphatic rings. The average molecular weight is 122 g/mol. The van der Waals surface area contributed by atoms with Gasteiger partial charge < -0.3 is 10.0 Å². The smallest absolute Gasteiger partial charge is 0.167 e. The Balaban J connectivity index is 2.85. The van der Waals surface area contributed by atoms with E-state index in [4.69, 9.17) is 10.0 Å². The van der Waals surface area contributed by atoms with Crippen LogP contribution in [0.4, 0.5) is 0 Å². The predicted octanol–water partition coefficient (Wildman–Crippen LogP) is -0.634. The van der Waals surface area contributed by atoms with Crippen molar-refractivity contribution in [2.24, 2.45) is 0 Å². The van der Waals surface area contributed by atoms with Crippen molar-refractivity contribution in [1.82, 2.24) is 0 Å². The van der Waals surface area contributed by atoms with Crippen molar-refractivity contribution in [3.05, 3.63) is 30.3 Å². The van der Waals surface area contributed by atoms with E-state index in [1.165, 1.54) is 0 Å². The van der Waals surface area contributed by atoms with Gasteiger partial charge in [-0.05, 0) is 0 Å². The van der Waals surface area contributed by atoms with Crippen LogP contribution in [0.5, 0.6) is 0 Å². The zero-order valence-electron chi connectivity index (χ0n) is 4.86. The van der Waals surface area contributed by atoms with Crippen LogP contribution in [0.2, 0.25) is 0 Å². The van der Waals surface area contributed by atoms with Gasteiger partial charge in [-0.2, -0.15) is 5.46 Å². The van der Waals surface area contributed by atoms with Crippen molar-refractivity contribution >= 4 is 12.6 Å². The highest BCUT2D eigenvalue weighted by molar-refractivity contribution is 6.58. The largest absolute Gasteiger partial charge is 0.601 e. The Morgan fingerprint density at radius 3 is 1.89 bits per heavy atom. The first-order valence-corrected chi connectivity index (χ1v) is 2.72. The highest BCUT2D eigenvalue weighted by Crippen LogP contribution is 1.82. The van der Waals surface area contributed by atoms with E-state index in [-0.39, 0.29) is 0 Å². The molecule has 0 bridgehead atoms. The normalized spacial score (nSPS) is 10.1. The summed E-state index contributed by atoms with van der Waals surface area (Å²) in [6.07, 6.45) is 0. The molecular formula is C6H7BO2-. The summed E-state index contributed by atoms with van der Waals surface area (Å²) in [5.41, 5.74) is 0.525. The lowest BCUT2D eigenvalue weighted by Gasteiger charge is -2.11. The Morgan fingerprint density at radius 2 is 1.56 bits per heavy atom. The van der Waals surface area contributed by atoms with Gasteiger partial charge in [0, 0.05) is 0 Å². The van der Waals surface area contributed by atoms with Gasteiger partial charge in [-0.25, -0.2) is 0 Å². The van der Waals surface area contributed by atoms with E-state index in [2.05, 4.69) is 0 Å². The molecular weight excluding hydrogens is 115 g/mol. The van der Waals surface area contributed by atoms with Gasteiger partial charge in [0.1, 0.15) is 0 Å². The fraction of sp³-hybridized carbons (Fsp3) is 0. The Hall–Kier alpha value is -0.795. The number of benzene rings is 1. The van der Waals surface area contributed by atoms with E-state index >= 15 is 0 Å². The molecule has 1 radical (unpaired) electrons. The lowest BCUT2D eigenvalue weighted by molar-refractivity contribution is 0.426. The zero-order chi connectivity index (χ0) is 6.69. The summed E-state index contributed by atoms with van der Waals surface area (Å²) in [5, 5.41) is 17.2. The molecule has 0 saturated carbocycles. The second-order valence-electron chi connectivity index (χ2n) is 1.78. The maximum absolute atomic E-state index is 8.58. The van der Waals surface area contributed by atoms with Crippen LogP contribution >= 0.6 is 0 Å². The summed E-state index contributed by atoms with van der Waals surface area (Å²) < 4.78 is 0. The molecule has 47 valence electrons. The van der Waals surface area contributed by atoms with Crippen LogP contribution in [0.15, 0.2) is 30.3 Å². The van der Waals surface area contributed by atoms with E-state index in [0.717, 1.165) is 0 Å². The van der Waals surface area contributed by atoms with Crippen molar-refractivity contribution in [2.75, 3.05) is 0 Å². The first kappa shape index (κ1) is 6.33. The lowest BCUT2D eigenvalue weighted by atomic mass is 9.81. The lowest BCUT2D eigenvalue weighted by Crippen LogP contribution is -2.29. The molecule has 0 saturated heterocycles. The van der Waals surface area contributed by atoms with Gasteiger partial charge >= 0.3 is 0 Å². The van der Waals surface area contributed by atoms with E-state index in [9.17, 15) is 0 Å². The maximum Gasteiger partial charge on any atom is 0.167 e. The fourth-order valence-electron chi connectivity index (χ4n) is 0.625. The van der Waals surface area contributed by atoms with Gasteiger partial charge in [0.05, 0.1) is 0 Å². The summed E-state index contributed by atoms with van der Waals surface area (Å²) in [4.78, 5) is 0. The van der Waals surface area contributed by atoms with Crippen molar-refractivity contribution in [3.8, 4) is 0 Å². The van der Waals surface area contributed by atoms with Crippen molar-refractivity contribution in [3.63, 3.8) is 0 Å². The molecule has 9 heavy (non-hydrogen) atoms. The number of hydrogen-bond acceptors (Lipinski definition) is 2. The molecule has 0 atom stereocenters. The topological polar surface area (TPSA) is 40.5 Å². The molecule has 0 fully saturated rings. The Bertz CT molecular complexity index is 174. The standard InChI is InChI=1S/C6H7BO2/c8-7(9)6-4-2-1-3-5-6/h1-5,8-9H/q-1. The Morgan fingerprint density at radius 1 is 1.00 bits per heavy atom. The number of hydrogen-bond donors (Lipinski definition) is 2. The second-order valence-corrected chi connectivity index (χ2v) is 1.78. The Kier molecular flexibility index (Phi) is 1.87. The molecule has 3 heteroatoms. The molecule has 0 aliphatic heterocycles. The van der Waals surface area contributed by atoms with E-state index in [1.807, 2.05) is 6.07 Å². The average Bonchev–Trinajstić information content (AvgIpc) is 1.90. The summed E-state index contributed by atoms with van der Waals surface area (Å²) >= 11 is 0. The highest BCUT2D eigenvalue weighted by Gasteiger charge is 1.87. The maximum atomic E-state index is 8.58. The second kappa shape index (κ2) is 2.66. The SMILES string of the molecule is O[B-](O)c1ccccc1. The van der Waals surface area contributed by atoms with Crippen LogP contribution in [-0.2, 0) is 0 Å². The first-order chi connectivity index (χ1) is 4.30. The van der Waals surface area contributed by atoms with Crippen LogP contribution in [0.1, 0.15) is 0 Å². The van der Waals surface area contributed by atoms with Crippen molar-refractivity contribution in [2.45, 2.75) is 0 Å². The molecule has 0 spiro atoms. The fourth-order valence-corrected chi connectivity index (χ4v) is 0.625. The van der Waals surface area contributed by atoms with E-state index < -0.39 is 7.12 Å². The summed E-state index contributed by atoms with van der Waals surface area (Å²) in [5.74, 6) is 0. The molecule has 2 nitrogen and oxygen atoms in total. The van der Waals surface area contributed by atoms with Crippen LogP contribution < -0.4 is 5.46 Å². The summed E-state index contributed by atoms with van der Waals surface area (Å²) in [7, 11) is -1.34. The third-order valence-corrected chi connectivity index (χ3v) is 1.10. The van der Waals surface area contributed by atoms with Crippen LogP contribution in [0, 0.1) is 0 Å². The minimum atomic E-state index is -1.34. The third-order valence-electron chi connectivity index (χ3n) is 1.10. The van der Waals surface area contributed by atoms with Crippen LogP contribution in [0.25, 0.3) is 0 Å². The van der Waals surface area contributed by atoms with Crippen LogP contribution in [-0.4, -0.2) is 17.2 Å². The molecule has 1 aromatic carbocycles. The first-order valence-electron chi connectivity index (χ1n) is 2.72. The van der Waals surface area contributed by atoms with Gasteiger partial charge in [-0.3, -0.25) is 0 Å². The molecule has 0 amide bonds. The Labute approximate surface area is 53.9 Å². The van der Waals surface area contributed by atoms with Crippen LogP contribution in [0.3, 0.4) is 0 Å². The minimum Gasteiger partial charge on any atom is -0.601 e. The van der Waals surface area contributed by atoms with Crippen molar-refractivity contribution < 1.29 is 10.0 Å². The van der Waals surface area contributed by atoms with Gasteiger partial charge in [-0.1, -0.05) is 30.3 Å². The highest BCUT2D eigenvalue weighted by atomic mass is 16.4. The quantitative estimate of drug-likeness (QED) is 0.486. The molecule has 0 heterocycles. The third kappa shape index (κ3) is 1.55. The summed E-state index contributed by atoms with van der Waals surface area (Å²) in [6, 6.07) is 8.66. The minimum absolute atomic E-state index is 0.525. The molecule has 1 rings (SSSR count).